The molecule has 0 saturated heterocycles. The zero-order chi connectivity index (χ0) is 18.8. The molecule has 3 rings (SSSR count). The fraction of sp³-hybridized carbons (Fsp3) is 0.450. The SMILES string of the molecule is CCC(C)NC(=O)c1ccccc1NC(=O)C1C2C=CC(C2)C1C(=O)O. The zero-order valence-corrected chi connectivity index (χ0v) is 14.9. The molecule has 6 nitrogen and oxygen atoms in total. The Labute approximate surface area is 152 Å². The van der Waals surface area contributed by atoms with Gasteiger partial charge < -0.3 is 15.7 Å². The average Bonchev–Trinajstić information content (AvgIpc) is 3.23. The topological polar surface area (TPSA) is 95.5 Å². The number of allylic oxidation sites excluding steroid dienone is 2. The van der Waals surface area contributed by atoms with Crippen molar-refractivity contribution >= 4 is 23.5 Å². The number of carbonyl (C=O) groups excluding carboxylic acids is 2. The lowest BCUT2D eigenvalue weighted by Crippen LogP contribution is -2.37. The highest BCUT2D eigenvalue weighted by Gasteiger charge is 2.51. The number of carboxylic acids is 1. The summed E-state index contributed by atoms with van der Waals surface area (Å²) in [6.45, 7) is 3.89. The summed E-state index contributed by atoms with van der Waals surface area (Å²) in [5, 5.41) is 15.2. The van der Waals surface area contributed by atoms with Crippen molar-refractivity contribution in [2.45, 2.75) is 32.7 Å². The highest BCUT2D eigenvalue weighted by Crippen LogP contribution is 2.48. The van der Waals surface area contributed by atoms with Gasteiger partial charge in [-0.15, -0.1) is 0 Å². The van der Waals surface area contributed by atoms with Gasteiger partial charge in [-0.2, -0.15) is 0 Å². The van der Waals surface area contributed by atoms with E-state index in [9.17, 15) is 19.5 Å². The van der Waals surface area contributed by atoms with E-state index in [1.54, 1.807) is 24.3 Å². The third-order valence-electron chi connectivity index (χ3n) is 5.47. The smallest absolute Gasteiger partial charge is 0.307 e. The van der Waals surface area contributed by atoms with Gasteiger partial charge in [0.2, 0.25) is 5.91 Å². The number of benzene rings is 1. The van der Waals surface area contributed by atoms with Crippen molar-refractivity contribution in [1.29, 1.82) is 0 Å². The number of anilines is 1. The number of para-hydroxylation sites is 1. The molecule has 26 heavy (non-hydrogen) atoms. The number of nitrogens with one attached hydrogen (secondary N) is 2. The molecule has 2 aliphatic carbocycles. The van der Waals surface area contributed by atoms with Crippen LogP contribution in [0.2, 0.25) is 0 Å². The molecule has 1 aromatic rings. The summed E-state index contributed by atoms with van der Waals surface area (Å²) in [7, 11) is 0. The van der Waals surface area contributed by atoms with Crippen molar-refractivity contribution in [2.24, 2.45) is 23.7 Å². The predicted octanol–water partition coefficient (Wildman–Crippen LogP) is 2.68. The van der Waals surface area contributed by atoms with Gasteiger partial charge in [-0.1, -0.05) is 31.2 Å². The van der Waals surface area contributed by atoms with E-state index in [-0.39, 0.29) is 29.7 Å². The van der Waals surface area contributed by atoms with Crippen LogP contribution in [-0.2, 0) is 9.59 Å². The molecule has 0 radical (unpaired) electrons. The Hall–Kier alpha value is -2.63. The minimum absolute atomic E-state index is 0.0263. The van der Waals surface area contributed by atoms with Crippen molar-refractivity contribution in [1.82, 2.24) is 5.32 Å². The van der Waals surface area contributed by atoms with E-state index >= 15 is 0 Å². The van der Waals surface area contributed by atoms with E-state index in [2.05, 4.69) is 10.6 Å². The zero-order valence-electron chi connectivity index (χ0n) is 14.9. The summed E-state index contributed by atoms with van der Waals surface area (Å²) in [4.78, 5) is 36.9. The molecular formula is C20H24N2O4. The van der Waals surface area contributed by atoms with Crippen molar-refractivity contribution in [2.75, 3.05) is 5.32 Å². The van der Waals surface area contributed by atoms with Crippen LogP contribution in [0.4, 0.5) is 5.69 Å². The molecule has 2 bridgehead atoms. The molecule has 1 fully saturated rings. The summed E-state index contributed by atoms with van der Waals surface area (Å²) < 4.78 is 0. The number of rotatable bonds is 6. The van der Waals surface area contributed by atoms with E-state index in [0.29, 0.717) is 17.7 Å². The average molecular weight is 356 g/mol. The maximum atomic E-state index is 12.8. The number of fused-ring (bicyclic) bond motifs is 2. The first kappa shape index (κ1) is 18.2. The minimum atomic E-state index is -0.940. The molecule has 6 heteroatoms. The Balaban J connectivity index is 1.79. The van der Waals surface area contributed by atoms with Crippen LogP contribution in [0, 0.1) is 23.7 Å². The molecule has 5 unspecified atom stereocenters. The van der Waals surface area contributed by atoms with Crippen LogP contribution in [0.5, 0.6) is 0 Å². The normalized spacial score (nSPS) is 27.2. The van der Waals surface area contributed by atoms with Gasteiger partial charge in [0.05, 0.1) is 23.1 Å². The Bertz CT molecular complexity index is 758. The van der Waals surface area contributed by atoms with Crippen LogP contribution < -0.4 is 10.6 Å². The predicted molar refractivity (Wildman–Crippen MR) is 97.6 cm³/mol. The third-order valence-corrected chi connectivity index (χ3v) is 5.47. The maximum Gasteiger partial charge on any atom is 0.307 e. The largest absolute Gasteiger partial charge is 0.481 e. The van der Waals surface area contributed by atoms with Crippen molar-refractivity contribution in [3.05, 3.63) is 42.0 Å². The molecule has 0 aromatic heterocycles. The molecule has 5 atom stereocenters. The molecule has 3 N–H and O–H groups in total. The minimum Gasteiger partial charge on any atom is -0.481 e. The van der Waals surface area contributed by atoms with Crippen molar-refractivity contribution < 1.29 is 19.5 Å². The van der Waals surface area contributed by atoms with Crippen LogP contribution in [0.15, 0.2) is 36.4 Å². The van der Waals surface area contributed by atoms with Crippen LogP contribution in [-0.4, -0.2) is 28.9 Å². The molecule has 2 aliphatic rings. The van der Waals surface area contributed by atoms with Crippen LogP contribution in [0.3, 0.4) is 0 Å². The molecule has 1 saturated carbocycles. The van der Waals surface area contributed by atoms with E-state index in [0.717, 1.165) is 6.42 Å². The molecule has 0 heterocycles. The van der Waals surface area contributed by atoms with Gasteiger partial charge in [-0.3, -0.25) is 14.4 Å². The van der Waals surface area contributed by atoms with E-state index in [1.807, 2.05) is 26.0 Å². The fourth-order valence-corrected chi connectivity index (χ4v) is 3.93. The summed E-state index contributed by atoms with van der Waals surface area (Å²) >= 11 is 0. The standard InChI is InChI=1S/C20H24N2O4/c1-3-11(2)21-18(23)14-6-4-5-7-15(14)22-19(24)16-12-8-9-13(10-12)17(16)20(25)26/h4-9,11-13,16-17H,3,10H2,1-2H3,(H,21,23)(H,22,24)(H,25,26). The monoisotopic (exact) mass is 356 g/mol. The van der Waals surface area contributed by atoms with Gasteiger partial charge >= 0.3 is 5.97 Å². The number of amides is 2. The highest BCUT2D eigenvalue weighted by atomic mass is 16.4. The van der Waals surface area contributed by atoms with Gasteiger partial charge in [0, 0.05) is 6.04 Å². The van der Waals surface area contributed by atoms with Crippen LogP contribution in [0.25, 0.3) is 0 Å². The first-order valence-electron chi connectivity index (χ1n) is 9.04. The molecule has 1 aromatic carbocycles. The second-order valence-corrected chi connectivity index (χ2v) is 7.16. The number of hydrogen-bond donors (Lipinski definition) is 3. The van der Waals surface area contributed by atoms with Crippen molar-refractivity contribution in [3.63, 3.8) is 0 Å². The molecule has 138 valence electrons. The maximum absolute atomic E-state index is 12.8. The second-order valence-electron chi connectivity index (χ2n) is 7.16. The fourth-order valence-electron chi connectivity index (χ4n) is 3.93. The Morgan fingerprint density at radius 3 is 2.46 bits per heavy atom. The molecule has 2 amide bonds. The van der Waals surface area contributed by atoms with Crippen molar-refractivity contribution in [3.8, 4) is 0 Å². The van der Waals surface area contributed by atoms with Crippen LogP contribution in [0.1, 0.15) is 37.0 Å². The lowest BCUT2D eigenvalue weighted by atomic mass is 9.82. The summed E-state index contributed by atoms with van der Waals surface area (Å²) in [6.07, 6.45) is 5.35. The molecule has 0 spiro atoms. The number of hydrogen-bond acceptors (Lipinski definition) is 3. The quantitative estimate of drug-likeness (QED) is 0.683. The summed E-state index contributed by atoms with van der Waals surface area (Å²) in [5.41, 5.74) is 0.793. The first-order valence-corrected chi connectivity index (χ1v) is 9.04. The lowest BCUT2D eigenvalue weighted by molar-refractivity contribution is -0.146. The van der Waals surface area contributed by atoms with Crippen LogP contribution >= 0.6 is 0 Å². The number of aliphatic carboxylic acids is 1. The summed E-state index contributed by atoms with van der Waals surface area (Å²) in [6, 6.07) is 6.83. The lowest BCUT2D eigenvalue weighted by Gasteiger charge is -2.24. The first-order chi connectivity index (χ1) is 12.4. The van der Waals surface area contributed by atoms with E-state index < -0.39 is 17.8 Å². The molecule has 0 aliphatic heterocycles. The van der Waals surface area contributed by atoms with Gasteiger partial charge in [0.15, 0.2) is 0 Å². The Kier molecular flexibility index (Phi) is 5.11. The third kappa shape index (κ3) is 3.36. The van der Waals surface area contributed by atoms with Gasteiger partial charge in [-0.05, 0) is 43.7 Å². The van der Waals surface area contributed by atoms with E-state index in [1.165, 1.54) is 0 Å². The highest BCUT2D eigenvalue weighted by molar-refractivity contribution is 6.05. The number of carbonyl (C=O) groups is 3. The van der Waals surface area contributed by atoms with Gasteiger partial charge in [-0.25, -0.2) is 0 Å². The summed E-state index contributed by atoms with van der Waals surface area (Å²) in [5.74, 6) is -2.97. The van der Waals surface area contributed by atoms with Gasteiger partial charge in [0.1, 0.15) is 0 Å². The van der Waals surface area contributed by atoms with Gasteiger partial charge in [0.25, 0.3) is 5.91 Å². The Morgan fingerprint density at radius 2 is 1.81 bits per heavy atom. The van der Waals surface area contributed by atoms with E-state index in [4.69, 9.17) is 0 Å². The second kappa shape index (κ2) is 7.32. The molecular weight excluding hydrogens is 332 g/mol. The Morgan fingerprint density at radius 1 is 1.15 bits per heavy atom. The number of carboxylic acid groups (broad SMARTS) is 1.